The molecule has 1 heterocycles. The maximum Gasteiger partial charge on any atom is 0.124 e. The average Bonchev–Trinajstić information content (AvgIpc) is 2.91. The summed E-state index contributed by atoms with van der Waals surface area (Å²) in [7, 11) is 0. The molecule has 2 N–H and O–H groups in total. The van der Waals surface area contributed by atoms with Gasteiger partial charge in [-0.25, -0.2) is 4.98 Å². The lowest BCUT2D eigenvalue weighted by Crippen LogP contribution is -2.02. The van der Waals surface area contributed by atoms with Crippen LogP contribution in [-0.2, 0) is 13.2 Å². The maximum absolute atomic E-state index is 9.30. The SMILES string of the molecule is CCOc1ccc(NCc2cscn2)cc1CO. The van der Waals surface area contributed by atoms with Crippen molar-refractivity contribution in [3.8, 4) is 5.75 Å². The molecule has 0 unspecified atom stereocenters. The molecular formula is C13H16N2O2S. The summed E-state index contributed by atoms with van der Waals surface area (Å²) in [6, 6.07) is 5.71. The molecule has 0 saturated carbocycles. The zero-order valence-electron chi connectivity index (χ0n) is 10.2. The third kappa shape index (κ3) is 3.21. The van der Waals surface area contributed by atoms with Crippen molar-refractivity contribution >= 4 is 17.0 Å². The highest BCUT2D eigenvalue weighted by Crippen LogP contribution is 2.23. The monoisotopic (exact) mass is 264 g/mol. The minimum Gasteiger partial charge on any atom is -0.494 e. The fourth-order valence-corrected chi connectivity index (χ4v) is 2.19. The van der Waals surface area contributed by atoms with E-state index in [1.807, 2.05) is 36.0 Å². The van der Waals surface area contributed by atoms with Crippen LogP contribution in [-0.4, -0.2) is 16.7 Å². The molecule has 0 aliphatic carbocycles. The predicted molar refractivity (Wildman–Crippen MR) is 73.0 cm³/mol. The van der Waals surface area contributed by atoms with Gasteiger partial charge in [-0.15, -0.1) is 11.3 Å². The second-order valence-electron chi connectivity index (χ2n) is 3.75. The molecule has 5 heteroatoms. The molecule has 1 aromatic carbocycles. The van der Waals surface area contributed by atoms with Gasteiger partial charge in [0.25, 0.3) is 0 Å². The lowest BCUT2D eigenvalue weighted by molar-refractivity contribution is 0.267. The van der Waals surface area contributed by atoms with Crippen LogP contribution >= 0.6 is 11.3 Å². The molecule has 0 saturated heterocycles. The molecule has 0 amide bonds. The van der Waals surface area contributed by atoms with E-state index < -0.39 is 0 Å². The number of anilines is 1. The summed E-state index contributed by atoms with van der Waals surface area (Å²) in [5.41, 5.74) is 4.57. The number of thiazole rings is 1. The molecule has 18 heavy (non-hydrogen) atoms. The normalized spacial score (nSPS) is 10.3. The zero-order valence-corrected chi connectivity index (χ0v) is 11.0. The summed E-state index contributed by atoms with van der Waals surface area (Å²) in [5, 5.41) is 14.6. The van der Waals surface area contributed by atoms with E-state index in [9.17, 15) is 5.11 Å². The number of aromatic nitrogens is 1. The molecule has 0 aliphatic rings. The van der Waals surface area contributed by atoms with Gasteiger partial charge in [-0.3, -0.25) is 0 Å². The van der Waals surface area contributed by atoms with E-state index in [0.29, 0.717) is 13.2 Å². The topological polar surface area (TPSA) is 54.4 Å². The number of aliphatic hydroxyl groups excluding tert-OH is 1. The standard InChI is InChI=1S/C13H16N2O2S/c1-2-17-13-4-3-11(5-10(13)7-16)14-6-12-8-18-9-15-12/h3-5,8-9,14,16H,2,6-7H2,1H3. The van der Waals surface area contributed by atoms with E-state index in [1.54, 1.807) is 11.3 Å². The van der Waals surface area contributed by atoms with Crippen molar-refractivity contribution in [3.63, 3.8) is 0 Å². The maximum atomic E-state index is 9.30. The van der Waals surface area contributed by atoms with Crippen LogP contribution in [0.5, 0.6) is 5.75 Å². The van der Waals surface area contributed by atoms with E-state index in [1.165, 1.54) is 0 Å². The van der Waals surface area contributed by atoms with Crippen LogP contribution in [0.2, 0.25) is 0 Å². The van der Waals surface area contributed by atoms with Crippen LogP contribution in [0.15, 0.2) is 29.1 Å². The molecular weight excluding hydrogens is 248 g/mol. The molecule has 96 valence electrons. The van der Waals surface area contributed by atoms with Gasteiger partial charge < -0.3 is 15.2 Å². The summed E-state index contributed by atoms with van der Waals surface area (Å²) in [5.74, 6) is 0.735. The molecule has 1 aromatic heterocycles. The van der Waals surface area contributed by atoms with Crippen molar-refractivity contribution in [1.82, 2.24) is 4.98 Å². The first kappa shape index (κ1) is 12.9. The Labute approximate surface area is 110 Å². The van der Waals surface area contributed by atoms with Crippen LogP contribution in [0.4, 0.5) is 5.69 Å². The van der Waals surface area contributed by atoms with Crippen molar-refractivity contribution < 1.29 is 9.84 Å². The Bertz CT molecular complexity index is 486. The van der Waals surface area contributed by atoms with E-state index in [2.05, 4.69) is 10.3 Å². The predicted octanol–water partition coefficient (Wildman–Crippen LogP) is 2.65. The molecule has 0 radical (unpaired) electrons. The van der Waals surface area contributed by atoms with Crippen molar-refractivity contribution in [1.29, 1.82) is 0 Å². The van der Waals surface area contributed by atoms with E-state index >= 15 is 0 Å². The molecule has 0 aliphatic heterocycles. The number of nitrogens with zero attached hydrogens (tertiary/aromatic N) is 1. The summed E-state index contributed by atoms with van der Waals surface area (Å²) in [6.07, 6.45) is 0. The summed E-state index contributed by atoms with van der Waals surface area (Å²) in [4.78, 5) is 4.20. The molecule has 0 fully saturated rings. The van der Waals surface area contributed by atoms with E-state index in [-0.39, 0.29) is 6.61 Å². The molecule has 4 nitrogen and oxygen atoms in total. The molecule has 0 atom stereocenters. The van der Waals surface area contributed by atoms with Gasteiger partial charge in [-0.2, -0.15) is 0 Å². The van der Waals surface area contributed by atoms with Crippen LogP contribution in [0.3, 0.4) is 0 Å². The number of rotatable bonds is 6. The van der Waals surface area contributed by atoms with Gasteiger partial charge in [-0.1, -0.05) is 0 Å². The van der Waals surface area contributed by atoms with Crippen LogP contribution < -0.4 is 10.1 Å². The van der Waals surface area contributed by atoms with Gasteiger partial charge in [0.05, 0.1) is 31.0 Å². The second kappa shape index (κ2) is 6.37. The highest BCUT2D eigenvalue weighted by Gasteiger charge is 2.04. The second-order valence-corrected chi connectivity index (χ2v) is 4.47. The number of benzene rings is 1. The first-order chi connectivity index (χ1) is 8.83. The zero-order chi connectivity index (χ0) is 12.8. The smallest absolute Gasteiger partial charge is 0.124 e. The van der Waals surface area contributed by atoms with E-state index in [4.69, 9.17) is 4.74 Å². The van der Waals surface area contributed by atoms with Crippen LogP contribution in [0, 0.1) is 0 Å². The number of ether oxygens (including phenoxy) is 1. The Morgan fingerprint density at radius 3 is 3.00 bits per heavy atom. The fraction of sp³-hybridized carbons (Fsp3) is 0.308. The van der Waals surface area contributed by atoms with Gasteiger partial charge in [0.1, 0.15) is 5.75 Å². The number of nitrogens with one attached hydrogen (secondary N) is 1. The first-order valence-electron chi connectivity index (χ1n) is 5.81. The Kier molecular flexibility index (Phi) is 4.55. The summed E-state index contributed by atoms with van der Waals surface area (Å²) >= 11 is 1.58. The number of aliphatic hydroxyl groups is 1. The van der Waals surface area contributed by atoms with E-state index in [0.717, 1.165) is 22.7 Å². The van der Waals surface area contributed by atoms with Crippen molar-refractivity contribution in [3.05, 3.63) is 40.3 Å². The number of hydrogen-bond acceptors (Lipinski definition) is 5. The van der Waals surface area contributed by atoms with Gasteiger partial charge >= 0.3 is 0 Å². The third-order valence-corrected chi connectivity index (χ3v) is 3.12. The Morgan fingerprint density at radius 1 is 1.44 bits per heavy atom. The van der Waals surface area contributed by atoms with Crippen LogP contribution in [0.1, 0.15) is 18.2 Å². The fourth-order valence-electron chi connectivity index (χ4n) is 1.63. The Balaban J connectivity index is 2.05. The average molecular weight is 264 g/mol. The van der Waals surface area contributed by atoms with Gasteiger partial charge in [0.15, 0.2) is 0 Å². The largest absolute Gasteiger partial charge is 0.494 e. The van der Waals surface area contributed by atoms with Gasteiger partial charge in [0.2, 0.25) is 0 Å². The quantitative estimate of drug-likeness (QED) is 0.842. The highest BCUT2D eigenvalue weighted by molar-refractivity contribution is 7.07. The lowest BCUT2D eigenvalue weighted by atomic mass is 10.2. The molecule has 0 spiro atoms. The Morgan fingerprint density at radius 2 is 2.33 bits per heavy atom. The molecule has 0 bridgehead atoms. The molecule has 2 aromatic rings. The summed E-state index contributed by atoms with van der Waals surface area (Å²) < 4.78 is 5.43. The lowest BCUT2D eigenvalue weighted by Gasteiger charge is -2.11. The van der Waals surface area contributed by atoms with Gasteiger partial charge in [0, 0.05) is 16.6 Å². The van der Waals surface area contributed by atoms with Crippen molar-refractivity contribution in [2.24, 2.45) is 0 Å². The van der Waals surface area contributed by atoms with Crippen molar-refractivity contribution in [2.75, 3.05) is 11.9 Å². The number of hydrogen-bond donors (Lipinski definition) is 2. The first-order valence-corrected chi connectivity index (χ1v) is 6.75. The summed E-state index contributed by atoms with van der Waals surface area (Å²) in [6.45, 7) is 3.18. The minimum absolute atomic E-state index is 0.0262. The highest BCUT2D eigenvalue weighted by atomic mass is 32.1. The van der Waals surface area contributed by atoms with Gasteiger partial charge in [-0.05, 0) is 25.1 Å². The van der Waals surface area contributed by atoms with Crippen LogP contribution in [0.25, 0.3) is 0 Å². The molecule has 2 rings (SSSR count). The minimum atomic E-state index is -0.0262. The van der Waals surface area contributed by atoms with Crippen molar-refractivity contribution in [2.45, 2.75) is 20.1 Å². The Hall–Kier alpha value is -1.59. The third-order valence-electron chi connectivity index (χ3n) is 2.49.